The van der Waals surface area contributed by atoms with Gasteiger partial charge in [0.05, 0.1) is 16.1 Å². The number of benzene rings is 1. The van der Waals surface area contributed by atoms with Crippen molar-refractivity contribution in [2.75, 3.05) is 29.9 Å². The number of aromatic nitrogens is 1. The van der Waals surface area contributed by atoms with Gasteiger partial charge >= 0.3 is 0 Å². The van der Waals surface area contributed by atoms with Gasteiger partial charge in [0.1, 0.15) is 12.3 Å². The number of carbonyl (C=O) groups excluding carboxylic acids is 3. The van der Waals surface area contributed by atoms with Crippen LogP contribution in [0.5, 0.6) is 0 Å². The Kier molecular flexibility index (Phi) is 8.49. The van der Waals surface area contributed by atoms with Gasteiger partial charge in [-0.15, -0.1) is 0 Å². The summed E-state index contributed by atoms with van der Waals surface area (Å²) < 4.78 is 10.4. The van der Waals surface area contributed by atoms with Crippen LogP contribution in [0.4, 0.5) is 11.5 Å². The van der Waals surface area contributed by atoms with Crippen molar-refractivity contribution in [1.29, 1.82) is 0 Å². The van der Waals surface area contributed by atoms with Gasteiger partial charge in [-0.3, -0.25) is 14.4 Å². The molecule has 172 valence electrons. The summed E-state index contributed by atoms with van der Waals surface area (Å²) in [6.45, 7) is 2.53. The Balaban J connectivity index is 1.62. The number of carbonyl (C=O) groups is 3. The van der Waals surface area contributed by atoms with E-state index in [0.717, 1.165) is 12.8 Å². The fraction of sp³-hybridized carbons (Fsp3) is 0.429. The topological polar surface area (TPSA) is 114 Å². The third-order valence-corrected chi connectivity index (χ3v) is 5.57. The van der Waals surface area contributed by atoms with Crippen molar-refractivity contribution in [1.82, 2.24) is 10.5 Å². The molecular formula is C21H24Cl2N4O5. The van der Waals surface area contributed by atoms with Crippen LogP contribution in [-0.2, 0) is 19.1 Å². The van der Waals surface area contributed by atoms with E-state index < -0.39 is 11.8 Å². The highest BCUT2D eigenvalue weighted by molar-refractivity contribution is 6.42. The fourth-order valence-corrected chi connectivity index (χ4v) is 3.49. The molecule has 3 rings (SSSR count). The minimum Gasteiger partial charge on any atom is -0.376 e. The van der Waals surface area contributed by atoms with Crippen molar-refractivity contribution in [2.45, 2.75) is 38.7 Å². The third-order valence-electron chi connectivity index (χ3n) is 4.83. The molecule has 32 heavy (non-hydrogen) atoms. The zero-order valence-corrected chi connectivity index (χ0v) is 19.0. The first kappa shape index (κ1) is 24.0. The van der Waals surface area contributed by atoms with Crippen molar-refractivity contribution >= 4 is 52.4 Å². The number of ether oxygens (including phenoxy) is 1. The molecule has 0 saturated carbocycles. The number of rotatable bonds is 9. The van der Waals surface area contributed by atoms with Gasteiger partial charge in [0.15, 0.2) is 5.82 Å². The van der Waals surface area contributed by atoms with Crippen LogP contribution in [0.25, 0.3) is 0 Å². The van der Waals surface area contributed by atoms with E-state index in [2.05, 4.69) is 15.8 Å². The van der Waals surface area contributed by atoms with E-state index in [-0.39, 0.29) is 42.2 Å². The molecule has 11 heteroatoms. The molecular weight excluding hydrogens is 459 g/mol. The maximum Gasteiger partial charge on any atom is 0.240 e. The van der Waals surface area contributed by atoms with Gasteiger partial charge in [-0.05, 0) is 38.0 Å². The molecule has 0 unspecified atom stereocenters. The molecule has 2 N–H and O–H groups in total. The molecule has 1 aromatic heterocycles. The lowest BCUT2D eigenvalue weighted by atomic mass is 10.2. The van der Waals surface area contributed by atoms with Crippen LogP contribution in [0.15, 0.2) is 28.8 Å². The molecule has 0 bridgehead atoms. The number of aryl methyl sites for hydroxylation is 1. The highest BCUT2D eigenvalue weighted by atomic mass is 35.5. The first-order valence-electron chi connectivity index (χ1n) is 10.2. The Morgan fingerprint density at radius 3 is 2.62 bits per heavy atom. The summed E-state index contributed by atoms with van der Waals surface area (Å²) in [5.74, 6) is -0.334. The molecule has 1 aliphatic heterocycles. The van der Waals surface area contributed by atoms with Crippen LogP contribution in [0.2, 0.25) is 10.0 Å². The average Bonchev–Trinajstić information content (AvgIpc) is 3.42. The third kappa shape index (κ3) is 6.94. The minimum atomic E-state index is -0.415. The van der Waals surface area contributed by atoms with Crippen molar-refractivity contribution in [3.63, 3.8) is 0 Å². The van der Waals surface area contributed by atoms with Gasteiger partial charge in [0.25, 0.3) is 0 Å². The van der Waals surface area contributed by atoms with Gasteiger partial charge in [-0.2, -0.15) is 0 Å². The van der Waals surface area contributed by atoms with Crippen LogP contribution in [0.3, 0.4) is 0 Å². The normalized spacial score (nSPS) is 15.4. The van der Waals surface area contributed by atoms with Gasteiger partial charge in [-0.25, -0.2) is 0 Å². The Morgan fingerprint density at radius 1 is 1.16 bits per heavy atom. The summed E-state index contributed by atoms with van der Waals surface area (Å²) in [7, 11) is 0. The maximum absolute atomic E-state index is 12.9. The number of nitrogens with one attached hydrogen (secondary N) is 2. The predicted molar refractivity (Wildman–Crippen MR) is 120 cm³/mol. The molecule has 0 aliphatic carbocycles. The number of hydrogen-bond donors (Lipinski definition) is 2. The molecule has 1 fully saturated rings. The Labute approximate surface area is 195 Å². The number of amides is 3. The molecule has 3 amide bonds. The second kappa shape index (κ2) is 11.3. The second-order valence-corrected chi connectivity index (χ2v) is 8.20. The van der Waals surface area contributed by atoms with Gasteiger partial charge < -0.3 is 24.8 Å². The molecule has 1 saturated heterocycles. The van der Waals surface area contributed by atoms with Gasteiger partial charge in [0.2, 0.25) is 17.7 Å². The lowest BCUT2D eigenvalue weighted by Crippen LogP contribution is -2.43. The summed E-state index contributed by atoms with van der Waals surface area (Å²) in [5, 5.41) is 9.61. The lowest BCUT2D eigenvalue weighted by Gasteiger charge is -2.23. The summed E-state index contributed by atoms with van der Waals surface area (Å²) >= 11 is 12.1. The van der Waals surface area contributed by atoms with E-state index in [9.17, 15) is 14.4 Å². The molecule has 0 spiro atoms. The van der Waals surface area contributed by atoms with Crippen molar-refractivity contribution in [3.05, 3.63) is 40.1 Å². The Bertz CT molecular complexity index is 975. The van der Waals surface area contributed by atoms with Crippen LogP contribution in [0.1, 0.15) is 31.4 Å². The molecule has 1 aromatic carbocycles. The quantitative estimate of drug-likeness (QED) is 0.566. The molecule has 9 nitrogen and oxygen atoms in total. The highest BCUT2D eigenvalue weighted by Gasteiger charge is 2.22. The minimum absolute atomic E-state index is 0.0167. The first-order chi connectivity index (χ1) is 15.3. The molecule has 2 aromatic rings. The molecule has 2 heterocycles. The van der Waals surface area contributed by atoms with E-state index in [1.54, 1.807) is 25.1 Å². The maximum atomic E-state index is 12.9. The van der Waals surface area contributed by atoms with Crippen molar-refractivity contribution < 1.29 is 23.6 Å². The number of nitrogens with zero attached hydrogens (tertiary/aromatic N) is 2. The smallest absolute Gasteiger partial charge is 0.240 e. The van der Waals surface area contributed by atoms with Crippen molar-refractivity contribution in [3.8, 4) is 0 Å². The summed E-state index contributed by atoms with van der Waals surface area (Å²) in [6.07, 6.45) is 1.61. The number of anilines is 2. The van der Waals surface area contributed by atoms with Crippen molar-refractivity contribution in [2.24, 2.45) is 0 Å². The van der Waals surface area contributed by atoms with E-state index in [0.29, 0.717) is 29.6 Å². The van der Waals surface area contributed by atoms with Crippen LogP contribution in [0, 0.1) is 6.92 Å². The van der Waals surface area contributed by atoms with Crippen LogP contribution < -0.4 is 15.5 Å². The second-order valence-electron chi connectivity index (χ2n) is 7.39. The summed E-state index contributed by atoms with van der Waals surface area (Å²) in [6, 6.07) is 6.22. The zero-order valence-electron chi connectivity index (χ0n) is 17.5. The summed E-state index contributed by atoms with van der Waals surface area (Å²) in [5.41, 5.74) is 0.407. The fourth-order valence-electron chi connectivity index (χ4n) is 3.19. The van der Waals surface area contributed by atoms with Crippen LogP contribution in [-0.4, -0.2) is 48.7 Å². The number of hydrogen-bond acceptors (Lipinski definition) is 6. The average molecular weight is 483 g/mol. The highest BCUT2D eigenvalue weighted by Crippen LogP contribution is 2.27. The molecule has 1 aliphatic rings. The van der Waals surface area contributed by atoms with Gasteiger partial charge in [-0.1, -0.05) is 28.4 Å². The lowest BCUT2D eigenvalue weighted by molar-refractivity contribution is -0.125. The van der Waals surface area contributed by atoms with Crippen LogP contribution >= 0.6 is 23.2 Å². The van der Waals surface area contributed by atoms with E-state index >= 15 is 0 Å². The number of halogens is 2. The Hall–Kier alpha value is -2.62. The first-order valence-corrected chi connectivity index (χ1v) is 10.9. The van der Waals surface area contributed by atoms with E-state index in [4.69, 9.17) is 32.5 Å². The van der Waals surface area contributed by atoms with Gasteiger partial charge in [0, 0.05) is 37.7 Å². The zero-order chi connectivity index (χ0) is 23.1. The standard InChI is InChI=1S/C21H24Cl2N4O5/c1-13-9-18(26-32-13)25-19(28)6-7-21(30)27(14-4-5-16(22)17(23)10-14)12-20(29)24-11-15-3-2-8-31-15/h4-5,9-10,15H,2-3,6-8,11-12H2,1H3,(H,24,29)(H,25,26,28)/t15-/m0/s1. The SMILES string of the molecule is Cc1cc(NC(=O)CCC(=O)N(CC(=O)NC[C@@H]2CCCO2)c2ccc(Cl)c(Cl)c2)no1. The largest absolute Gasteiger partial charge is 0.376 e. The molecule has 1 atom stereocenters. The van der Waals surface area contributed by atoms with E-state index in [1.165, 1.54) is 11.0 Å². The summed E-state index contributed by atoms with van der Waals surface area (Å²) in [4.78, 5) is 38.9. The monoisotopic (exact) mass is 482 g/mol. The predicted octanol–water partition coefficient (Wildman–Crippen LogP) is 3.34. The molecule has 0 radical (unpaired) electrons. The van der Waals surface area contributed by atoms with E-state index in [1.807, 2.05) is 0 Å². The Morgan fingerprint density at radius 2 is 1.97 bits per heavy atom.